The molecular weight excluding hydrogens is 418 g/mol. The number of benzene rings is 1. The Balaban J connectivity index is 1.66. The molecule has 172 valence electrons. The molecule has 4 rings (SSSR count). The lowest BCUT2D eigenvalue weighted by Gasteiger charge is -2.11. The molecule has 1 N–H and O–H groups in total. The molecule has 0 spiro atoms. The maximum Gasteiger partial charge on any atom is 0.280 e. The van der Waals surface area contributed by atoms with Crippen LogP contribution in [0.25, 0.3) is 22.4 Å². The van der Waals surface area contributed by atoms with Crippen molar-refractivity contribution in [2.24, 2.45) is 0 Å². The van der Waals surface area contributed by atoms with Gasteiger partial charge in [0.05, 0.1) is 11.4 Å². The summed E-state index contributed by atoms with van der Waals surface area (Å²) in [6.45, 7) is 3.61. The first kappa shape index (κ1) is 22.5. The number of para-hydroxylation sites is 1. The molecule has 0 aliphatic carbocycles. The smallest absolute Gasteiger partial charge is 0.280 e. The van der Waals surface area contributed by atoms with E-state index in [2.05, 4.69) is 10.4 Å². The number of aromatic nitrogens is 5. The molecule has 3 aromatic heterocycles. The Kier molecular flexibility index (Phi) is 6.69. The molecule has 0 bridgehead atoms. The molecule has 1 aromatic carbocycles. The van der Waals surface area contributed by atoms with Crippen molar-refractivity contribution >= 4 is 16.8 Å². The number of hydrogen-bond acceptors (Lipinski definition) is 5. The first-order chi connectivity index (χ1) is 16.0. The molecule has 33 heavy (non-hydrogen) atoms. The molecule has 0 saturated carbocycles. The summed E-state index contributed by atoms with van der Waals surface area (Å²) in [4.78, 5) is 27.6. The third-order valence-corrected chi connectivity index (χ3v) is 5.43. The lowest BCUT2D eigenvalue weighted by Crippen LogP contribution is -2.31. The van der Waals surface area contributed by atoms with Crippen molar-refractivity contribution in [1.29, 1.82) is 0 Å². The molecular formula is C24H29N7O2. The van der Waals surface area contributed by atoms with Crippen molar-refractivity contribution in [3.05, 3.63) is 70.9 Å². The number of nitrogens with one attached hydrogen (secondary N) is 1. The Hall–Kier alpha value is -3.72. The Morgan fingerprint density at radius 3 is 2.48 bits per heavy atom. The third kappa shape index (κ3) is 4.88. The number of hydrogen-bond donors (Lipinski definition) is 1. The van der Waals surface area contributed by atoms with Gasteiger partial charge < -0.3 is 14.8 Å². The SMILES string of the molecule is Cc1nn(CCCC(=O)NCCN(C)C)c(=O)c2c(-n3cccc3)n(-c3ccccc3)nc12. The number of fused-ring (bicyclic) bond motifs is 1. The minimum atomic E-state index is -0.213. The summed E-state index contributed by atoms with van der Waals surface area (Å²) in [6.07, 6.45) is 4.66. The largest absolute Gasteiger partial charge is 0.355 e. The fourth-order valence-electron chi connectivity index (χ4n) is 3.77. The molecule has 0 atom stereocenters. The molecule has 0 saturated heterocycles. The van der Waals surface area contributed by atoms with Gasteiger partial charge in [-0.15, -0.1) is 0 Å². The monoisotopic (exact) mass is 447 g/mol. The Labute approximate surface area is 192 Å². The predicted molar refractivity (Wildman–Crippen MR) is 128 cm³/mol. The van der Waals surface area contributed by atoms with Gasteiger partial charge in [0.1, 0.15) is 10.9 Å². The van der Waals surface area contributed by atoms with Crippen LogP contribution in [0.15, 0.2) is 59.7 Å². The van der Waals surface area contributed by atoms with E-state index < -0.39 is 0 Å². The zero-order valence-electron chi connectivity index (χ0n) is 19.2. The van der Waals surface area contributed by atoms with Crippen LogP contribution in [0.1, 0.15) is 18.5 Å². The Morgan fingerprint density at radius 1 is 1.06 bits per heavy atom. The zero-order valence-corrected chi connectivity index (χ0v) is 19.2. The second kappa shape index (κ2) is 9.83. The van der Waals surface area contributed by atoms with E-state index in [4.69, 9.17) is 5.10 Å². The molecule has 0 fully saturated rings. The average Bonchev–Trinajstić information content (AvgIpc) is 3.45. The van der Waals surface area contributed by atoms with Crippen molar-refractivity contribution in [1.82, 2.24) is 34.3 Å². The lowest BCUT2D eigenvalue weighted by atomic mass is 10.2. The molecule has 0 aliphatic heterocycles. The minimum Gasteiger partial charge on any atom is -0.355 e. The van der Waals surface area contributed by atoms with E-state index in [0.29, 0.717) is 48.3 Å². The lowest BCUT2D eigenvalue weighted by molar-refractivity contribution is -0.121. The van der Waals surface area contributed by atoms with Crippen LogP contribution in [-0.2, 0) is 11.3 Å². The second-order valence-corrected chi connectivity index (χ2v) is 8.26. The summed E-state index contributed by atoms with van der Waals surface area (Å²) >= 11 is 0. The summed E-state index contributed by atoms with van der Waals surface area (Å²) in [5, 5.41) is 12.7. The summed E-state index contributed by atoms with van der Waals surface area (Å²) in [6, 6.07) is 13.6. The maximum absolute atomic E-state index is 13.5. The van der Waals surface area contributed by atoms with Crippen molar-refractivity contribution in [3.8, 4) is 11.5 Å². The molecule has 0 unspecified atom stereocenters. The molecule has 0 radical (unpaired) electrons. The van der Waals surface area contributed by atoms with Gasteiger partial charge in [0, 0.05) is 38.4 Å². The molecule has 0 aliphatic rings. The van der Waals surface area contributed by atoms with Crippen molar-refractivity contribution in [3.63, 3.8) is 0 Å². The Bertz CT molecular complexity index is 1290. The van der Waals surface area contributed by atoms with E-state index in [1.54, 1.807) is 4.68 Å². The second-order valence-electron chi connectivity index (χ2n) is 8.26. The van der Waals surface area contributed by atoms with Crippen LogP contribution in [0.3, 0.4) is 0 Å². The summed E-state index contributed by atoms with van der Waals surface area (Å²) in [5.41, 5.74) is 1.89. The molecule has 9 nitrogen and oxygen atoms in total. The first-order valence-corrected chi connectivity index (χ1v) is 11.1. The normalized spacial score (nSPS) is 11.4. The van der Waals surface area contributed by atoms with Gasteiger partial charge in [-0.25, -0.2) is 9.36 Å². The van der Waals surface area contributed by atoms with Gasteiger partial charge in [-0.05, 0) is 51.7 Å². The van der Waals surface area contributed by atoms with Gasteiger partial charge in [0.25, 0.3) is 5.56 Å². The average molecular weight is 448 g/mol. The minimum absolute atomic E-state index is 0.0207. The van der Waals surface area contributed by atoms with Crippen LogP contribution in [0.5, 0.6) is 0 Å². The van der Waals surface area contributed by atoms with E-state index in [1.807, 2.05) is 85.3 Å². The van der Waals surface area contributed by atoms with Crippen LogP contribution in [0, 0.1) is 6.92 Å². The summed E-state index contributed by atoms with van der Waals surface area (Å²) in [7, 11) is 3.93. The first-order valence-electron chi connectivity index (χ1n) is 11.1. The standard InChI is InChI=1S/C24H29N7O2/c1-18-22-21(24(33)30(26-18)16-9-12-20(32)25-13-17-28(2)3)23(29-14-7-8-15-29)31(27-22)19-10-5-4-6-11-19/h4-8,10-11,14-15H,9,12-13,16-17H2,1-3H3,(H,25,32). The number of aryl methyl sites for hydroxylation is 2. The fourth-order valence-corrected chi connectivity index (χ4v) is 3.77. The van der Waals surface area contributed by atoms with Crippen LogP contribution in [0.2, 0.25) is 0 Å². The number of amides is 1. The number of rotatable bonds is 9. The number of carbonyl (C=O) groups is 1. The van der Waals surface area contributed by atoms with E-state index in [1.165, 1.54) is 4.68 Å². The van der Waals surface area contributed by atoms with E-state index >= 15 is 0 Å². The zero-order chi connectivity index (χ0) is 23.4. The topological polar surface area (TPSA) is 90.0 Å². The van der Waals surface area contributed by atoms with Crippen LogP contribution >= 0.6 is 0 Å². The quantitative estimate of drug-likeness (QED) is 0.425. The molecule has 4 aromatic rings. The van der Waals surface area contributed by atoms with Crippen LogP contribution in [0.4, 0.5) is 0 Å². The highest BCUT2D eigenvalue weighted by molar-refractivity contribution is 5.87. The van der Waals surface area contributed by atoms with Crippen molar-refractivity contribution < 1.29 is 4.79 Å². The highest BCUT2D eigenvalue weighted by Gasteiger charge is 2.21. The van der Waals surface area contributed by atoms with Crippen molar-refractivity contribution in [2.75, 3.05) is 27.2 Å². The van der Waals surface area contributed by atoms with E-state index in [9.17, 15) is 9.59 Å². The molecule has 9 heteroatoms. The summed E-state index contributed by atoms with van der Waals surface area (Å²) in [5.74, 6) is 0.652. The fraction of sp³-hybridized carbons (Fsp3) is 0.333. The number of likely N-dealkylation sites (N-methyl/N-ethyl adjacent to an activating group) is 1. The highest BCUT2D eigenvalue weighted by Crippen LogP contribution is 2.24. The van der Waals surface area contributed by atoms with E-state index in [0.717, 1.165) is 12.2 Å². The van der Waals surface area contributed by atoms with Gasteiger partial charge in [-0.2, -0.15) is 10.2 Å². The van der Waals surface area contributed by atoms with Crippen molar-refractivity contribution in [2.45, 2.75) is 26.3 Å². The molecule has 1 amide bonds. The Morgan fingerprint density at radius 2 is 1.79 bits per heavy atom. The van der Waals surface area contributed by atoms with Crippen LogP contribution < -0.4 is 10.9 Å². The number of carbonyl (C=O) groups excluding carboxylic acids is 1. The number of nitrogens with zero attached hydrogens (tertiary/aromatic N) is 6. The highest BCUT2D eigenvalue weighted by atomic mass is 16.1. The van der Waals surface area contributed by atoms with E-state index in [-0.39, 0.29) is 11.5 Å². The van der Waals surface area contributed by atoms with Gasteiger partial charge in [0.2, 0.25) is 5.91 Å². The third-order valence-electron chi connectivity index (χ3n) is 5.43. The van der Waals surface area contributed by atoms with Gasteiger partial charge in [-0.1, -0.05) is 18.2 Å². The predicted octanol–water partition coefficient (Wildman–Crippen LogP) is 2.14. The van der Waals surface area contributed by atoms with Gasteiger partial charge in [0.15, 0.2) is 5.82 Å². The summed E-state index contributed by atoms with van der Waals surface area (Å²) < 4.78 is 5.13. The van der Waals surface area contributed by atoms with Crippen LogP contribution in [-0.4, -0.2) is 62.1 Å². The molecule has 3 heterocycles. The van der Waals surface area contributed by atoms with Gasteiger partial charge in [-0.3, -0.25) is 9.59 Å². The maximum atomic E-state index is 13.5. The van der Waals surface area contributed by atoms with Gasteiger partial charge >= 0.3 is 0 Å².